The predicted molar refractivity (Wildman–Crippen MR) is 149 cm³/mol. The van der Waals surface area contributed by atoms with Crippen LogP contribution in [0, 0.1) is 0 Å². The number of anilines is 1. The van der Waals surface area contributed by atoms with Crippen molar-refractivity contribution in [2.75, 3.05) is 37.8 Å². The van der Waals surface area contributed by atoms with Crippen molar-refractivity contribution < 1.29 is 27.4 Å². The molecule has 0 N–H and O–H groups in total. The Balaban J connectivity index is 1.67. The number of hydrogen-bond acceptors (Lipinski definition) is 9. The molecule has 0 bridgehead atoms. The van der Waals surface area contributed by atoms with Gasteiger partial charge in [0.15, 0.2) is 28.5 Å². The van der Waals surface area contributed by atoms with Crippen LogP contribution in [-0.4, -0.2) is 84.3 Å². The summed E-state index contributed by atoms with van der Waals surface area (Å²) in [7, 11) is 0. The van der Waals surface area contributed by atoms with Crippen molar-refractivity contribution in [3.8, 4) is 11.4 Å². The zero-order chi connectivity index (χ0) is 30.4. The van der Waals surface area contributed by atoms with Crippen LogP contribution in [0.3, 0.4) is 0 Å². The van der Waals surface area contributed by atoms with Gasteiger partial charge in [0.1, 0.15) is 6.23 Å². The lowest BCUT2D eigenvalue weighted by molar-refractivity contribution is -0.140. The van der Waals surface area contributed by atoms with Gasteiger partial charge in [0.05, 0.1) is 25.1 Å². The van der Waals surface area contributed by atoms with Crippen molar-refractivity contribution in [1.29, 1.82) is 0 Å². The van der Waals surface area contributed by atoms with E-state index in [-0.39, 0.29) is 12.1 Å². The average Bonchev–Trinajstić information content (AvgIpc) is 3.35. The average molecular weight is 591 g/mol. The van der Waals surface area contributed by atoms with Gasteiger partial charge in [-0.3, -0.25) is 9.36 Å². The Labute approximate surface area is 242 Å². The number of carbonyl (C=O) groups excluding carboxylic acids is 1. The van der Waals surface area contributed by atoms with Gasteiger partial charge in [-0.15, -0.1) is 0 Å². The second-order valence-corrected chi connectivity index (χ2v) is 12.6. The molecular formula is C28H37F3N8O3. The van der Waals surface area contributed by atoms with Crippen LogP contribution in [0.2, 0.25) is 0 Å². The Hall–Kier alpha value is -3.39. The number of rotatable bonds is 4. The summed E-state index contributed by atoms with van der Waals surface area (Å²) < 4.78 is 56.9. The van der Waals surface area contributed by atoms with Crippen molar-refractivity contribution in [1.82, 2.24) is 34.4 Å². The Kier molecular flexibility index (Phi) is 7.90. The number of aromatic nitrogens is 6. The molecule has 5 rings (SSSR count). The molecule has 2 saturated heterocycles. The molecule has 0 saturated carbocycles. The fourth-order valence-corrected chi connectivity index (χ4v) is 5.75. The van der Waals surface area contributed by atoms with Crippen molar-refractivity contribution in [2.24, 2.45) is 0 Å². The van der Waals surface area contributed by atoms with E-state index in [9.17, 15) is 18.0 Å². The molecule has 0 spiro atoms. The van der Waals surface area contributed by atoms with Crippen LogP contribution in [0.25, 0.3) is 22.6 Å². The molecule has 14 heteroatoms. The van der Waals surface area contributed by atoms with Crippen molar-refractivity contribution in [3.63, 3.8) is 0 Å². The van der Waals surface area contributed by atoms with Gasteiger partial charge in [-0.1, -0.05) is 0 Å². The summed E-state index contributed by atoms with van der Waals surface area (Å²) in [5.74, 6) is -1.07. The lowest BCUT2D eigenvalue weighted by Gasteiger charge is -2.45. The minimum atomic E-state index is -4.91. The summed E-state index contributed by atoms with van der Waals surface area (Å²) in [6, 6.07) is 0. The third kappa shape index (κ3) is 5.91. The number of halogens is 3. The summed E-state index contributed by atoms with van der Waals surface area (Å²) in [6.07, 6.45) is -0.0612. The Morgan fingerprint density at radius 3 is 2.24 bits per heavy atom. The zero-order valence-electron chi connectivity index (χ0n) is 24.8. The SMILES string of the molecule is CC(C)(C)N(C(=O)c1ncc(-c2nc(N3CCOCC3)c3ncn(C4CCCCO4)c3n2)c(C(F)(F)F)n1)C(C)(C)C. The van der Waals surface area contributed by atoms with Crippen LogP contribution >= 0.6 is 0 Å². The van der Waals surface area contributed by atoms with Gasteiger partial charge >= 0.3 is 6.18 Å². The van der Waals surface area contributed by atoms with E-state index in [0.717, 1.165) is 25.5 Å². The Morgan fingerprint density at radius 2 is 1.64 bits per heavy atom. The van der Waals surface area contributed by atoms with Crippen molar-refractivity contribution >= 4 is 22.9 Å². The van der Waals surface area contributed by atoms with Gasteiger partial charge in [-0.25, -0.2) is 24.9 Å². The van der Waals surface area contributed by atoms with Crippen LogP contribution < -0.4 is 4.90 Å². The van der Waals surface area contributed by atoms with Crippen LogP contribution in [0.5, 0.6) is 0 Å². The van der Waals surface area contributed by atoms with Gasteiger partial charge in [-0.2, -0.15) is 13.2 Å². The number of morpholine rings is 1. The number of carbonyl (C=O) groups is 1. The normalized spacial score (nSPS) is 18.9. The molecule has 0 aliphatic carbocycles. The summed E-state index contributed by atoms with van der Waals surface area (Å²) in [6.45, 7) is 13.3. The largest absolute Gasteiger partial charge is 0.434 e. The highest BCUT2D eigenvalue weighted by molar-refractivity contribution is 5.92. The van der Waals surface area contributed by atoms with E-state index >= 15 is 0 Å². The second kappa shape index (κ2) is 11.0. The van der Waals surface area contributed by atoms with Crippen LogP contribution in [-0.2, 0) is 15.7 Å². The van der Waals surface area contributed by atoms with E-state index in [1.54, 1.807) is 10.9 Å². The number of imidazole rings is 1. The van der Waals surface area contributed by atoms with E-state index < -0.39 is 40.2 Å². The summed E-state index contributed by atoms with van der Waals surface area (Å²) in [5.41, 5.74) is -2.29. The maximum Gasteiger partial charge on any atom is 0.434 e. The molecule has 3 aromatic rings. The molecule has 1 unspecified atom stereocenters. The highest BCUT2D eigenvalue weighted by atomic mass is 19.4. The summed E-state index contributed by atoms with van der Waals surface area (Å²) in [4.78, 5) is 38.6. The van der Waals surface area contributed by atoms with E-state index in [1.165, 1.54) is 4.90 Å². The van der Waals surface area contributed by atoms with Gasteiger partial charge < -0.3 is 19.3 Å². The second-order valence-electron chi connectivity index (χ2n) is 12.6. The lowest BCUT2D eigenvalue weighted by atomic mass is 9.95. The van der Waals surface area contributed by atoms with Crippen LogP contribution in [0.15, 0.2) is 12.5 Å². The van der Waals surface area contributed by atoms with E-state index in [0.29, 0.717) is 49.9 Å². The molecule has 5 heterocycles. The highest BCUT2D eigenvalue weighted by Gasteiger charge is 2.41. The molecule has 1 atom stereocenters. The topological polar surface area (TPSA) is 111 Å². The number of nitrogens with zero attached hydrogens (tertiary/aromatic N) is 8. The summed E-state index contributed by atoms with van der Waals surface area (Å²) in [5, 5.41) is 0. The summed E-state index contributed by atoms with van der Waals surface area (Å²) >= 11 is 0. The number of amides is 1. The third-order valence-electron chi connectivity index (χ3n) is 7.21. The van der Waals surface area contributed by atoms with Gasteiger partial charge in [0, 0.05) is 37.0 Å². The van der Waals surface area contributed by atoms with Gasteiger partial charge in [0.2, 0.25) is 5.82 Å². The molecular weight excluding hydrogens is 553 g/mol. The molecule has 11 nitrogen and oxygen atoms in total. The molecule has 228 valence electrons. The van der Waals surface area contributed by atoms with Crippen molar-refractivity contribution in [3.05, 3.63) is 24.0 Å². The third-order valence-corrected chi connectivity index (χ3v) is 7.21. The maximum atomic E-state index is 14.6. The van der Waals surface area contributed by atoms with E-state index in [4.69, 9.17) is 9.47 Å². The van der Waals surface area contributed by atoms with E-state index in [2.05, 4.69) is 24.9 Å². The van der Waals surface area contributed by atoms with Crippen LogP contribution in [0.1, 0.15) is 83.3 Å². The van der Waals surface area contributed by atoms with Crippen LogP contribution in [0.4, 0.5) is 19.0 Å². The first-order chi connectivity index (χ1) is 19.7. The molecule has 42 heavy (non-hydrogen) atoms. The zero-order valence-corrected chi connectivity index (χ0v) is 24.8. The molecule has 2 aliphatic heterocycles. The number of ether oxygens (including phenoxy) is 2. The maximum absolute atomic E-state index is 14.6. The highest BCUT2D eigenvalue weighted by Crippen LogP contribution is 2.37. The molecule has 3 aromatic heterocycles. The van der Waals surface area contributed by atoms with E-state index in [1.807, 2.05) is 46.4 Å². The predicted octanol–water partition coefficient (Wildman–Crippen LogP) is 4.88. The minimum Gasteiger partial charge on any atom is -0.378 e. The van der Waals surface area contributed by atoms with Crippen molar-refractivity contribution in [2.45, 2.75) is 84.3 Å². The fourth-order valence-electron chi connectivity index (χ4n) is 5.75. The standard InChI is InChI=1S/C28H37F3N8O3/c1-26(2,3)39(27(4,5)6)25(40)22-32-15-17(20(34-22)28(29,30)31)21-35-23(37-10-13-41-14-11-37)19-24(36-21)38(16-33-19)18-9-7-8-12-42-18/h15-16,18H,7-14H2,1-6H3. The first kappa shape index (κ1) is 30.1. The number of fused-ring (bicyclic) bond motifs is 1. The first-order valence-electron chi connectivity index (χ1n) is 14.1. The Morgan fingerprint density at radius 1 is 0.952 bits per heavy atom. The smallest absolute Gasteiger partial charge is 0.378 e. The molecule has 0 aromatic carbocycles. The van der Waals surface area contributed by atoms with Gasteiger partial charge in [-0.05, 0) is 60.8 Å². The number of alkyl halides is 3. The van der Waals surface area contributed by atoms with Gasteiger partial charge in [0.25, 0.3) is 5.91 Å². The lowest BCUT2D eigenvalue weighted by Crippen LogP contribution is -2.56. The molecule has 2 aliphatic rings. The molecule has 1 amide bonds. The molecule has 0 radical (unpaired) electrons. The monoisotopic (exact) mass is 590 g/mol. The minimum absolute atomic E-state index is 0.212. The quantitative estimate of drug-likeness (QED) is 0.420. The Bertz CT molecular complexity index is 1440. The first-order valence-corrected chi connectivity index (χ1v) is 14.1. The fraction of sp³-hybridized carbons (Fsp3) is 0.643. The molecule has 2 fully saturated rings. The number of hydrogen-bond donors (Lipinski definition) is 0.